The van der Waals surface area contributed by atoms with Crippen LogP contribution in [0.2, 0.25) is 0 Å². The molecule has 0 fully saturated rings. The molecule has 24 heavy (non-hydrogen) atoms. The van der Waals surface area contributed by atoms with Crippen molar-refractivity contribution in [1.29, 1.82) is 0 Å². The van der Waals surface area contributed by atoms with Gasteiger partial charge in [-0.05, 0) is 6.42 Å². The molecule has 0 aliphatic carbocycles. The number of hydrogen-bond donors (Lipinski definition) is 1. The zero-order valence-corrected chi connectivity index (χ0v) is 18.9. The number of hydrogen-bond acceptors (Lipinski definition) is 4. The van der Waals surface area contributed by atoms with Crippen LogP contribution in [0.4, 0.5) is 0 Å². The third kappa shape index (κ3) is 19.2. The van der Waals surface area contributed by atoms with Gasteiger partial charge in [0.1, 0.15) is 10.1 Å². The predicted octanol–water partition coefficient (Wildman–Crippen LogP) is 2.08. The molecule has 0 spiro atoms. The Labute approximate surface area is 172 Å². The number of nitrogens with two attached hydrogens (primary N) is 1. The quantitative estimate of drug-likeness (QED) is 0.241. The van der Waals surface area contributed by atoms with Crippen molar-refractivity contribution in [1.82, 2.24) is 0 Å². The molecular formula is C18H38NNaO3S. The van der Waals surface area contributed by atoms with E-state index in [-0.39, 0.29) is 29.6 Å². The van der Waals surface area contributed by atoms with Crippen molar-refractivity contribution in [2.24, 2.45) is 5.73 Å². The largest absolute Gasteiger partial charge is 1.00 e. The van der Waals surface area contributed by atoms with E-state index in [1.807, 2.05) is 0 Å². The van der Waals surface area contributed by atoms with Crippen molar-refractivity contribution in [2.45, 2.75) is 115 Å². The molecule has 2 N–H and O–H groups in total. The summed E-state index contributed by atoms with van der Waals surface area (Å²) in [5.41, 5.74) is 5.30. The molecule has 1 unspecified atom stereocenters. The Bertz CT molecular complexity index is 350. The molecule has 0 aromatic carbocycles. The first kappa shape index (κ1) is 27.1. The molecule has 0 aromatic heterocycles. The van der Waals surface area contributed by atoms with E-state index in [9.17, 15) is 13.0 Å². The van der Waals surface area contributed by atoms with Crippen LogP contribution in [0.5, 0.6) is 0 Å². The Kier molecular flexibility index (Phi) is 21.1. The molecule has 0 aliphatic rings. The smallest absolute Gasteiger partial charge is 0.747 e. The third-order valence-electron chi connectivity index (χ3n) is 4.46. The first-order valence-corrected chi connectivity index (χ1v) is 11.2. The van der Waals surface area contributed by atoms with Gasteiger partial charge in [-0.25, -0.2) is 8.42 Å². The zero-order valence-electron chi connectivity index (χ0n) is 16.1. The second kappa shape index (κ2) is 18.7. The van der Waals surface area contributed by atoms with E-state index in [1.54, 1.807) is 0 Å². The standard InChI is InChI=1S/C18H39NO3S.Na/c1-2-3-4-5-6-7-8-9-10-11-12-13-14-15-16-17-18(19)23(20,21)22;/h18H,2-17,19H2,1H3,(H,20,21,22);/q;+1/p-1. The first-order valence-electron chi connectivity index (χ1n) is 9.68. The molecule has 0 amide bonds. The van der Waals surface area contributed by atoms with Gasteiger partial charge in [-0.2, -0.15) is 0 Å². The van der Waals surface area contributed by atoms with Crippen LogP contribution in [0, 0.1) is 0 Å². The van der Waals surface area contributed by atoms with E-state index in [4.69, 9.17) is 5.73 Å². The van der Waals surface area contributed by atoms with Crippen molar-refractivity contribution in [3.8, 4) is 0 Å². The van der Waals surface area contributed by atoms with Gasteiger partial charge in [0.15, 0.2) is 0 Å². The van der Waals surface area contributed by atoms with E-state index in [0.717, 1.165) is 19.3 Å². The van der Waals surface area contributed by atoms with Crippen molar-refractivity contribution in [3.63, 3.8) is 0 Å². The van der Waals surface area contributed by atoms with Gasteiger partial charge in [-0.3, -0.25) is 0 Å². The number of rotatable bonds is 17. The molecule has 0 aliphatic heterocycles. The fraction of sp³-hybridized carbons (Fsp3) is 1.00. The average Bonchev–Trinajstić information content (AvgIpc) is 2.50. The second-order valence-corrected chi connectivity index (χ2v) is 8.36. The Morgan fingerprint density at radius 2 is 1.00 bits per heavy atom. The molecule has 0 radical (unpaired) electrons. The van der Waals surface area contributed by atoms with Crippen LogP contribution in [0.15, 0.2) is 0 Å². The predicted molar refractivity (Wildman–Crippen MR) is 97.2 cm³/mol. The van der Waals surface area contributed by atoms with Crippen LogP contribution < -0.4 is 35.3 Å². The van der Waals surface area contributed by atoms with Crippen molar-refractivity contribution in [3.05, 3.63) is 0 Å². The summed E-state index contributed by atoms with van der Waals surface area (Å²) in [4.78, 5) is 0. The monoisotopic (exact) mass is 371 g/mol. The van der Waals surface area contributed by atoms with Crippen LogP contribution in [0.3, 0.4) is 0 Å². The van der Waals surface area contributed by atoms with Crippen molar-refractivity contribution < 1.29 is 42.5 Å². The minimum Gasteiger partial charge on any atom is -0.747 e. The van der Waals surface area contributed by atoms with E-state index >= 15 is 0 Å². The topological polar surface area (TPSA) is 83.2 Å². The minimum atomic E-state index is -4.29. The summed E-state index contributed by atoms with van der Waals surface area (Å²) in [6.07, 6.45) is 19.3. The summed E-state index contributed by atoms with van der Waals surface area (Å²) in [5.74, 6) is 0. The number of unbranched alkanes of at least 4 members (excludes halogenated alkanes) is 14. The van der Waals surface area contributed by atoms with Crippen LogP contribution in [0.1, 0.15) is 110 Å². The third-order valence-corrected chi connectivity index (χ3v) is 5.44. The Morgan fingerprint density at radius 1 is 0.708 bits per heavy atom. The molecule has 0 saturated heterocycles. The van der Waals surface area contributed by atoms with E-state index < -0.39 is 15.5 Å². The molecule has 140 valence electrons. The molecule has 0 rings (SSSR count). The van der Waals surface area contributed by atoms with Gasteiger partial charge >= 0.3 is 29.6 Å². The molecule has 0 aromatic rings. The maximum atomic E-state index is 10.6. The maximum Gasteiger partial charge on any atom is 1.00 e. The average molecular weight is 372 g/mol. The molecule has 0 bridgehead atoms. The van der Waals surface area contributed by atoms with Crippen LogP contribution >= 0.6 is 0 Å². The van der Waals surface area contributed by atoms with Gasteiger partial charge < -0.3 is 10.3 Å². The van der Waals surface area contributed by atoms with Crippen LogP contribution in [0.25, 0.3) is 0 Å². The molecule has 1 atom stereocenters. The van der Waals surface area contributed by atoms with Crippen molar-refractivity contribution in [2.75, 3.05) is 0 Å². The van der Waals surface area contributed by atoms with E-state index in [1.165, 1.54) is 77.0 Å². The van der Waals surface area contributed by atoms with Gasteiger partial charge in [0.05, 0.1) is 5.37 Å². The molecule has 0 saturated carbocycles. The summed E-state index contributed by atoms with van der Waals surface area (Å²) >= 11 is 0. The van der Waals surface area contributed by atoms with E-state index in [2.05, 4.69) is 6.92 Å². The first-order chi connectivity index (χ1) is 11.0. The molecule has 0 heterocycles. The van der Waals surface area contributed by atoms with Gasteiger partial charge in [0.25, 0.3) is 0 Å². The van der Waals surface area contributed by atoms with Gasteiger partial charge in [0, 0.05) is 0 Å². The van der Waals surface area contributed by atoms with Gasteiger partial charge in [-0.15, -0.1) is 0 Å². The fourth-order valence-corrected chi connectivity index (χ4v) is 3.32. The summed E-state index contributed by atoms with van der Waals surface area (Å²) in [5, 5.41) is -1.22. The fourth-order valence-electron chi connectivity index (χ4n) is 2.86. The normalized spacial score (nSPS) is 12.8. The van der Waals surface area contributed by atoms with E-state index in [0.29, 0.717) is 6.42 Å². The summed E-state index contributed by atoms with van der Waals surface area (Å²) in [6, 6.07) is 0. The summed E-state index contributed by atoms with van der Waals surface area (Å²) in [7, 11) is -4.29. The molecule has 6 heteroatoms. The Morgan fingerprint density at radius 3 is 1.29 bits per heavy atom. The zero-order chi connectivity index (χ0) is 17.4. The SMILES string of the molecule is CCCCCCCCCCCCCCCCCC(N)S(=O)(=O)[O-].[Na+]. The van der Waals surface area contributed by atoms with Gasteiger partial charge in [0.2, 0.25) is 0 Å². The summed E-state index contributed by atoms with van der Waals surface area (Å²) < 4.78 is 31.9. The van der Waals surface area contributed by atoms with Gasteiger partial charge in [-0.1, -0.05) is 103 Å². The maximum absolute atomic E-state index is 10.6. The molecule has 4 nitrogen and oxygen atoms in total. The summed E-state index contributed by atoms with van der Waals surface area (Å²) in [6.45, 7) is 2.26. The second-order valence-electron chi connectivity index (χ2n) is 6.77. The van der Waals surface area contributed by atoms with Crippen molar-refractivity contribution >= 4 is 10.1 Å². The van der Waals surface area contributed by atoms with Crippen LogP contribution in [-0.2, 0) is 10.1 Å². The Balaban J connectivity index is 0. The Hall–Kier alpha value is 0.870. The minimum absolute atomic E-state index is 0. The van der Waals surface area contributed by atoms with Crippen LogP contribution in [-0.4, -0.2) is 18.3 Å². The molecular weight excluding hydrogens is 333 g/mol.